The van der Waals surface area contributed by atoms with Gasteiger partial charge in [-0.25, -0.2) is 4.98 Å². The maximum atomic E-state index is 6.27. The SMILES string of the molecule is CCn1cc(CN2CCCN(c3nc(N)c4cc(OC)c(OC)cc4n3)CC2)cn1. The second-order valence-electron chi connectivity index (χ2n) is 7.45. The van der Waals surface area contributed by atoms with E-state index >= 15 is 0 Å². The third-order valence-electron chi connectivity index (χ3n) is 5.51. The van der Waals surface area contributed by atoms with Gasteiger partial charge in [-0.05, 0) is 19.4 Å². The lowest BCUT2D eigenvalue weighted by molar-refractivity contribution is 0.285. The van der Waals surface area contributed by atoms with Crippen LogP contribution in [0.15, 0.2) is 24.5 Å². The van der Waals surface area contributed by atoms with Gasteiger partial charge in [-0.2, -0.15) is 10.1 Å². The number of nitrogen functional groups attached to an aromatic ring is 1. The number of anilines is 2. The standard InChI is InChI=1S/C21H29N7O2/c1-4-28-14-15(12-23-28)13-26-6-5-7-27(9-8-26)21-24-17-11-19(30-3)18(29-2)10-16(17)20(22)25-21/h10-12,14H,4-9,13H2,1-3H3,(H2,22,24,25). The molecule has 0 aliphatic carbocycles. The zero-order valence-corrected chi connectivity index (χ0v) is 17.8. The Kier molecular flexibility index (Phi) is 5.89. The van der Waals surface area contributed by atoms with Crippen LogP contribution < -0.4 is 20.1 Å². The fraction of sp³-hybridized carbons (Fsp3) is 0.476. The molecule has 0 radical (unpaired) electrons. The fourth-order valence-electron chi connectivity index (χ4n) is 3.86. The summed E-state index contributed by atoms with van der Waals surface area (Å²) in [5.41, 5.74) is 8.27. The third-order valence-corrected chi connectivity index (χ3v) is 5.51. The molecule has 0 bridgehead atoms. The van der Waals surface area contributed by atoms with Gasteiger partial charge in [0.1, 0.15) is 5.82 Å². The molecule has 0 amide bonds. The van der Waals surface area contributed by atoms with Gasteiger partial charge in [-0.3, -0.25) is 9.58 Å². The van der Waals surface area contributed by atoms with E-state index in [0.717, 1.165) is 56.6 Å². The Morgan fingerprint density at radius 2 is 1.83 bits per heavy atom. The Bertz CT molecular complexity index is 1020. The minimum Gasteiger partial charge on any atom is -0.493 e. The smallest absolute Gasteiger partial charge is 0.227 e. The van der Waals surface area contributed by atoms with Crippen LogP contribution in [-0.2, 0) is 13.1 Å². The molecule has 0 spiro atoms. The van der Waals surface area contributed by atoms with Crippen molar-refractivity contribution in [1.82, 2.24) is 24.6 Å². The quantitative estimate of drug-likeness (QED) is 0.659. The van der Waals surface area contributed by atoms with Gasteiger partial charge in [0.05, 0.1) is 25.9 Å². The third kappa shape index (κ3) is 4.11. The molecule has 0 atom stereocenters. The van der Waals surface area contributed by atoms with E-state index in [-0.39, 0.29) is 0 Å². The number of ether oxygens (including phenoxy) is 2. The maximum absolute atomic E-state index is 6.27. The lowest BCUT2D eigenvalue weighted by atomic mass is 10.2. The molecule has 4 rings (SSSR count). The Labute approximate surface area is 176 Å². The Balaban J connectivity index is 1.52. The van der Waals surface area contributed by atoms with Crippen LogP contribution in [0.1, 0.15) is 18.9 Å². The first-order valence-electron chi connectivity index (χ1n) is 10.3. The van der Waals surface area contributed by atoms with Crippen molar-refractivity contribution in [3.05, 3.63) is 30.1 Å². The molecular weight excluding hydrogens is 382 g/mol. The van der Waals surface area contributed by atoms with Gasteiger partial charge in [-0.1, -0.05) is 0 Å². The number of benzene rings is 1. The Hall–Kier alpha value is -3.07. The molecule has 1 aliphatic heterocycles. The minimum absolute atomic E-state index is 0.448. The molecule has 1 aromatic carbocycles. The summed E-state index contributed by atoms with van der Waals surface area (Å²) in [6.07, 6.45) is 5.12. The molecule has 0 saturated carbocycles. The molecule has 9 nitrogen and oxygen atoms in total. The summed E-state index contributed by atoms with van der Waals surface area (Å²) in [5, 5.41) is 5.14. The molecule has 1 aliphatic rings. The first kappa shape index (κ1) is 20.2. The number of hydrogen-bond donors (Lipinski definition) is 1. The Morgan fingerprint density at radius 3 is 2.57 bits per heavy atom. The van der Waals surface area contributed by atoms with Gasteiger partial charge in [-0.15, -0.1) is 0 Å². The highest BCUT2D eigenvalue weighted by molar-refractivity contribution is 5.91. The summed E-state index contributed by atoms with van der Waals surface area (Å²) in [7, 11) is 3.22. The molecule has 2 aromatic heterocycles. The number of aromatic nitrogens is 4. The number of hydrogen-bond acceptors (Lipinski definition) is 8. The van der Waals surface area contributed by atoms with Crippen molar-refractivity contribution in [1.29, 1.82) is 0 Å². The van der Waals surface area contributed by atoms with Crippen LogP contribution in [0.3, 0.4) is 0 Å². The average Bonchev–Trinajstić information content (AvgIpc) is 3.09. The number of nitrogens with two attached hydrogens (primary N) is 1. The number of methoxy groups -OCH3 is 2. The van der Waals surface area contributed by atoms with Crippen molar-refractivity contribution in [2.75, 3.05) is 51.0 Å². The Morgan fingerprint density at radius 1 is 1.03 bits per heavy atom. The van der Waals surface area contributed by atoms with Crippen molar-refractivity contribution in [2.24, 2.45) is 0 Å². The van der Waals surface area contributed by atoms with E-state index in [0.29, 0.717) is 23.3 Å². The molecule has 1 fully saturated rings. The molecule has 1 saturated heterocycles. The van der Waals surface area contributed by atoms with Crippen LogP contribution in [0.5, 0.6) is 11.5 Å². The van der Waals surface area contributed by atoms with Crippen LogP contribution >= 0.6 is 0 Å². The maximum Gasteiger partial charge on any atom is 0.227 e. The van der Waals surface area contributed by atoms with Gasteiger partial charge < -0.3 is 20.1 Å². The molecule has 30 heavy (non-hydrogen) atoms. The predicted molar refractivity (Wildman–Crippen MR) is 117 cm³/mol. The van der Waals surface area contributed by atoms with Gasteiger partial charge >= 0.3 is 0 Å². The molecule has 2 N–H and O–H groups in total. The van der Waals surface area contributed by atoms with Crippen molar-refractivity contribution in [3.63, 3.8) is 0 Å². The second kappa shape index (κ2) is 8.74. The van der Waals surface area contributed by atoms with Crippen molar-refractivity contribution in [2.45, 2.75) is 26.4 Å². The summed E-state index contributed by atoms with van der Waals surface area (Å²) in [4.78, 5) is 14.0. The summed E-state index contributed by atoms with van der Waals surface area (Å²) in [6.45, 7) is 7.60. The van der Waals surface area contributed by atoms with Gasteiger partial charge in [0.25, 0.3) is 0 Å². The van der Waals surface area contributed by atoms with Crippen LogP contribution in [0, 0.1) is 0 Å². The van der Waals surface area contributed by atoms with E-state index in [1.807, 2.05) is 23.0 Å². The van der Waals surface area contributed by atoms with Crippen molar-refractivity contribution < 1.29 is 9.47 Å². The summed E-state index contributed by atoms with van der Waals surface area (Å²) in [5.74, 6) is 2.35. The highest BCUT2D eigenvalue weighted by Gasteiger charge is 2.20. The van der Waals surface area contributed by atoms with E-state index in [2.05, 4.69) is 33.0 Å². The van der Waals surface area contributed by atoms with Gasteiger partial charge in [0.2, 0.25) is 5.95 Å². The monoisotopic (exact) mass is 411 g/mol. The number of rotatable bonds is 6. The molecule has 3 aromatic rings. The molecule has 0 unspecified atom stereocenters. The molecule has 9 heteroatoms. The number of aryl methyl sites for hydroxylation is 1. The first-order valence-corrected chi connectivity index (χ1v) is 10.3. The number of nitrogens with zero attached hydrogens (tertiary/aromatic N) is 6. The van der Waals surface area contributed by atoms with Crippen LogP contribution in [0.25, 0.3) is 10.9 Å². The molecular formula is C21H29N7O2. The normalized spacial score (nSPS) is 15.4. The van der Waals surface area contributed by atoms with Gasteiger partial charge in [0.15, 0.2) is 11.5 Å². The molecule has 160 valence electrons. The van der Waals surface area contributed by atoms with E-state index in [1.54, 1.807) is 14.2 Å². The van der Waals surface area contributed by atoms with Crippen LogP contribution in [0.2, 0.25) is 0 Å². The average molecular weight is 412 g/mol. The minimum atomic E-state index is 0.448. The van der Waals surface area contributed by atoms with E-state index in [4.69, 9.17) is 20.2 Å². The van der Waals surface area contributed by atoms with E-state index in [9.17, 15) is 0 Å². The zero-order chi connectivity index (χ0) is 21.1. The van der Waals surface area contributed by atoms with E-state index < -0.39 is 0 Å². The number of fused-ring (bicyclic) bond motifs is 1. The predicted octanol–water partition coefficient (Wildman–Crippen LogP) is 2.16. The zero-order valence-electron chi connectivity index (χ0n) is 17.8. The highest BCUT2D eigenvalue weighted by atomic mass is 16.5. The van der Waals surface area contributed by atoms with Crippen LogP contribution in [-0.4, -0.2) is 65.0 Å². The molecule has 3 heterocycles. The van der Waals surface area contributed by atoms with E-state index in [1.165, 1.54) is 5.56 Å². The van der Waals surface area contributed by atoms with Crippen molar-refractivity contribution in [3.8, 4) is 11.5 Å². The van der Waals surface area contributed by atoms with Crippen molar-refractivity contribution >= 4 is 22.7 Å². The summed E-state index contributed by atoms with van der Waals surface area (Å²) < 4.78 is 12.8. The lowest BCUT2D eigenvalue weighted by Gasteiger charge is -2.22. The highest BCUT2D eigenvalue weighted by Crippen LogP contribution is 2.34. The second-order valence-corrected chi connectivity index (χ2v) is 7.45. The summed E-state index contributed by atoms with van der Waals surface area (Å²) in [6, 6.07) is 3.68. The topological polar surface area (TPSA) is 94.6 Å². The first-order chi connectivity index (χ1) is 14.6. The largest absolute Gasteiger partial charge is 0.493 e. The summed E-state index contributed by atoms with van der Waals surface area (Å²) >= 11 is 0. The van der Waals surface area contributed by atoms with Gasteiger partial charge in [0, 0.05) is 62.5 Å². The fourth-order valence-corrected chi connectivity index (χ4v) is 3.86. The van der Waals surface area contributed by atoms with Crippen LogP contribution in [0.4, 0.5) is 11.8 Å². The lowest BCUT2D eigenvalue weighted by Crippen LogP contribution is -2.31.